The topological polar surface area (TPSA) is 220 Å². The van der Waals surface area contributed by atoms with Crippen LogP contribution in [0.2, 0.25) is 0 Å². The first-order valence-electron chi connectivity index (χ1n) is 17.2. The van der Waals surface area contributed by atoms with E-state index in [1.807, 2.05) is 0 Å². The summed E-state index contributed by atoms with van der Waals surface area (Å²) >= 11 is 0. The number of aliphatic hydroxyl groups excluding tert-OH is 2. The fourth-order valence-corrected chi connectivity index (χ4v) is 5.49. The molecule has 0 saturated carbocycles. The Hall–Kier alpha value is -2.25. The molecule has 1 aliphatic rings. The average molecular weight is 763 g/mol. The highest BCUT2D eigenvalue weighted by atomic mass is 31.2. The smallest absolute Gasteiger partial charge is 0.499 e. The van der Waals surface area contributed by atoms with E-state index >= 15 is 0 Å². The Bertz CT molecular complexity index is 1170. The molecular formula is C32H54F3N2O13P. The van der Waals surface area contributed by atoms with Gasteiger partial charge in [-0.15, -0.1) is 4.67 Å². The van der Waals surface area contributed by atoms with E-state index in [4.69, 9.17) is 39.3 Å². The van der Waals surface area contributed by atoms with E-state index in [1.165, 1.54) is 107 Å². The van der Waals surface area contributed by atoms with Gasteiger partial charge in [-0.1, -0.05) is 84.0 Å². The maximum absolute atomic E-state index is 12.3. The highest BCUT2D eigenvalue weighted by molar-refractivity contribution is 7.47. The van der Waals surface area contributed by atoms with Crippen molar-refractivity contribution in [1.29, 1.82) is 0 Å². The molecule has 1 amide bonds. The Kier molecular flexibility index (Phi) is 23.5. The molecule has 0 aromatic carbocycles. The lowest BCUT2D eigenvalue weighted by atomic mass is 10.0. The monoisotopic (exact) mass is 762 g/mol. The molecule has 0 aliphatic carbocycles. The summed E-state index contributed by atoms with van der Waals surface area (Å²) in [5, 5.41) is 29.5. The number of amides is 1. The van der Waals surface area contributed by atoms with Gasteiger partial charge in [-0.25, -0.2) is 4.57 Å². The first-order valence-corrected chi connectivity index (χ1v) is 18.7. The number of aliphatic carboxylic acids is 1. The lowest BCUT2D eigenvalue weighted by Gasteiger charge is -2.19. The molecule has 1 saturated heterocycles. The number of carboxylic acids is 1. The predicted octanol–water partition coefficient (Wildman–Crippen LogP) is 3.53. The molecule has 1 fully saturated rings. The van der Waals surface area contributed by atoms with Crippen molar-refractivity contribution >= 4 is 19.7 Å². The minimum Gasteiger partial charge on any atom is -0.542 e. The molecule has 0 bridgehead atoms. The number of rotatable bonds is 26. The van der Waals surface area contributed by atoms with Gasteiger partial charge in [0.15, 0.2) is 24.8 Å². The van der Waals surface area contributed by atoms with Gasteiger partial charge in [0.1, 0.15) is 23.7 Å². The molecule has 1 aromatic rings. The van der Waals surface area contributed by atoms with Crippen molar-refractivity contribution in [3.63, 3.8) is 0 Å². The van der Waals surface area contributed by atoms with E-state index in [2.05, 4.69) is 11.6 Å². The number of carbonyl (C=O) groups excluding carboxylic acids is 2. The molecule has 6 unspecified atom stereocenters. The summed E-state index contributed by atoms with van der Waals surface area (Å²) in [4.78, 5) is 35.2. The Morgan fingerprint density at radius 1 is 1.00 bits per heavy atom. The van der Waals surface area contributed by atoms with Gasteiger partial charge in [0.25, 0.3) is 12.1 Å². The quantitative estimate of drug-likeness (QED) is 0.0265. The number of primary amides is 1. The zero-order valence-corrected chi connectivity index (χ0v) is 30.1. The van der Waals surface area contributed by atoms with E-state index in [1.54, 1.807) is 0 Å². The first-order chi connectivity index (χ1) is 24.1. The summed E-state index contributed by atoms with van der Waals surface area (Å²) < 4.78 is 71.1. The number of aromatic nitrogens is 1. The second kappa shape index (κ2) is 25.7. The van der Waals surface area contributed by atoms with Crippen LogP contribution in [0.1, 0.15) is 113 Å². The molecule has 296 valence electrons. The average Bonchev–Trinajstić information content (AvgIpc) is 3.37. The number of ether oxygens (including phenoxy) is 3. The van der Waals surface area contributed by atoms with Crippen LogP contribution in [0.15, 0.2) is 24.5 Å². The maximum atomic E-state index is 12.3. The molecule has 0 spiro atoms. The standard InChI is InChI=1S/C30H53N2O11P.C2HF3O2/c1-3-4-5-6-7-8-9-10-11-12-13-14-15-20-39-21-18-26(38-2)42-43-44(36,37)40-23-25-27(33)28(34)30(41-25)32-19-16-17-24(22-32)29(31)35;3-2(4,5)1(6)7/h16-17,19,22,25-28,30,33-34H,3-15,18,20-21,23H2,1-2H3,(H2-,31,35,36,37);(H,6,7). The second-order valence-corrected chi connectivity index (χ2v) is 13.3. The summed E-state index contributed by atoms with van der Waals surface area (Å²) in [6, 6.07) is 3.01. The number of pyridine rings is 1. The number of nitrogens with zero attached hydrogens (tertiary/aromatic N) is 1. The largest absolute Gasteiger partial charge is 0.542 e. The summed E-state index contributed by atoms with van der Waals surface area (Å²) in [5.41, 5.74) is 5.45. The van der Waals surface area contributed by atoms with Crippen molar-refractivity contribution in [2.75, 3.05) is 26.9 Å². The second-order valence-electron chi connectivity index (χ2n) is 12.0. The molecule has 6 atom stereocenters. The third-order valence-corrected chi connectivity index (χ3v) is 8.52. The van der Waals surface area contributed by atoms with E-state index in [9.17, 15) is 37.6 Å². The molecule has 19 heteroatoms. The number of aliphatic hydroxyl groups is 2. The molecular weight excluding hydrogens is 708 g/mol. The van der Waals surface area contributed by atoms with Crippen molar-refractivity contribution in [3.05, 3.63) is 30.1 Å². The van der Waals surface area contributed by atoms with Crippen LogP contribution in [-0.4, -0.2) is 84.7 Å². The number of hydrogen-bond acceptors (Lipinski definition) is 12. The van der Waals surface area contributed by atoms with Crippen molar-refractivity contribution < 1.29 is 80.4 Å². The van der Waals surface area contributed by atoms with Crippen molar-refractivity contribution in [2.24, 2.45) is 5.73 Å². The Balaban J connectivity index is 0.00000167. The summed E-state index contributed by atoms with van der Waals surface area (Å²) in [6.45, 7) is 2.57. The molecule has 0 radical (unpaired) electrons. The van der Waals surface area contributed by atoms with Crippen molar-refractivity contribution in [3.8, 4) is 0 Å². The third kappa shape index (κ3) is 20.5. The fourth-order valence-electron chi connectivity index (χ4n) is 4.91. The van der Waals surface area contributed by atoms with Crippen LogP contribution >= 0.6 is 7.82 Å². The van der Waals surface area contributed by atoms with Gasteiger partial charge in [0.05, 0.1) is 13.2 Å². The van der Waals surface area contributed by atoms with E-state index in [0.717, 1.165) is 12.8 Å². The summed E-state index contributed by atoms with van der Waals surface area (Å²) in [5.74, 6) is -3.69. The van der Waals surface area contributed by atoms with Gasteiger partial charge >= 0.3 is 14.0 Å². The SMILES string of the molecule is CCCCCCCCCCCCCCCOCCC(OC)OOP(=O)(O)OCC1OC([n+]2cccc(C(N)=O)c2)C(O)C1O.O=C([O-])C(F)(F)F. The predicted molar refractivity (Wildman–Crippen MR) is 172 cm³/mol. The van der Waals surface area contributed by atoms with Crippen molar-refractivity contribution in [1.82, 2.24) is 0 Å². The number of hydrogen-bond donors (Lipinski definition) is 4. The summed E-state index contributed by atoms with van der Waals surface area (Å²) in [6.07, 6.45) is 8.47. The zero-order chi connectivity index (χ0) is 38.3. The number of carboxylic acid groups (broad SMARTS) is 1. The van der Waals surface area contributed by atoms with Gasteiger partial charge in [-0.3, -0.25) is 9.32 Å². The van der Waals surface area contributed by atoms with Crippen LogP contribution in [0, 0.1) is 0 Å². The minimum absolute atomic E-state index is 0.167. The van der Waals surface area contributed by atoms with Crippen LogP contribution in [0.5, 0.6) is 0 Å². The number of halogens is 3. The van der Waals surface area contributed by atoms with Gasteiger partial charge in [-0.05, 0) is 12.5 Å². The lowest BCUT2D eigenvalue weighted by Crippen LogP contribution is -2.46. The van der Waals surface area contributed by atoms with E-state index in [-0.39, 0.29) is 12.0 Å². The minimum atomic E-state index is -5.19. The molecule has 15 nitrogen and oxygen atoms in total. The van der Waals surface area contributed by atoms with E-state index < -0.39 is 63.3 Å². The number of unbranched alkanes of at least 4 members (excludes halogenated alkanes) is 12. The number of carbonyl (C=O) groups is 2. The van der Waals surface area contributed by atoms with Crippen LogP contribution in [0.3, 0.4) is 0 Å². The van der Waals surface area contributed by atoms with Crippen LogP contribution in [-0.2, 0) is 37.7 Å². The van der Waals surface area contributed by atoms with Crippen LogP contribution in [0.25, 0.3) is 0 Å². The third-order valence-electron chi connectivity index (χ3n) is 7.77. The van der Waals surface area contributed by atoms with Gasteiger partial charge < -0.3 is 45.0 Å². The van der Waals surface area contributed by atoms with Crippen LogP contribution in [0.4, 0.5) is 13.2 Å². The van der Waals surface area contributed by atoms with Crippen LogP contribution < -0.4 is 15.4 Å². The molecule has 2 heterocycles. The number of alkyl halides is 3. The lowest BCUT2D eigenvalue weighted by molar-refractivity contribution is -0.765. The molecule has 5 N–H and O–H groups in total. The maximum Gasteiger partial charge on any atom is 0.499 e. The molecule has 1 aromatic heterocycles. The number of phosphoric acid groups is 1. The van der Waals surface area contributed by atoms with Gasteiger partial charge in [0, 0.05) is 26.2 Å². The fraction of sp³-hybridized carbons (Fsp3) is 0.781. The highest BCUT2D eigenvalue weighted by Crippen LogP contribution is 2.45. The molecule has 2 rings (SSSR count). The molecule has 51 heavy (non-hydrogen) atoms. The molecule has 1 aliphatic heterocycles. The number of phosphoric ester groups is 1. The van der Waals surface area contributed by atoms with Gasteiger partial charge in [0.2, 0.25) is 0 Å². The first kappa shape index (κ1) is 46.8. The Morgan fingerprint density at radius 3 is 2.06 bits per heavy atom. The summed E-state index contributed by atoms with van der Waals surface area (Å²) in [7, 11) is -3.37. The highest BCUT2D eigenvalue weighted by Gasteiger charge is 2.49. The Labute approximate surface area is 296 Å². The van der Waals surface area contributed by atoms with E-state index in [0.29, 0.717) is 13.2 Å². The zero-order valence-electron chi connectivity index (χ0n) is 29.2. The normalized spacial score (nSPS) is 20.7. The number of methoxy groups -OCH3 is 1. The number of nitrogens with two attached hydrogens (primary N) is 1. The van der Waals surface area contributed by atoms with Crippen molar-refractivity contribution in [2.45, 2.75) is 134 Å². The van der Waals surface area contributed by atoms with Gasteiger partial charge in [-0.2, -0.15) is 22.6 Å². The Morgan fingerprint density at radius 2 is 1.55 bits per heavy atom.